The zero-order valence-electron chi connectivity index (χ0n) is 13.2. The highest BCUT2D eigenvalue weighted by atomic mass is 16.2. The van der Waals surface area contributed by atoms with Crippen molar-refractivity contribution in [1.29, 1.82) is 0 Å². The third-order valence-corrected chi connectivity index (χ3v) is 4.07. The normalized spacial score (nSPS) is 18.7. The largest absolute Gasteiger partial charge is 0.357 e. The number of carbonyl (C=O) groups excluding carboxylic acids is 1. The number of piperazine rings is 1. The van der Waals surface area contributed by atoms with Crippen LogP contribution in [0.5, 0.6) is 0 Å². The number of aromatic nitrogens is 2. The average Bonchev–Trinajstić information content (AvgIpc) is 2.62. The van der Waals surface area contributed by atoms with Gasteiger partial charge in [0.25, 0.3) is 0 Å². The van der Waals surface area contributed by atoms with Gasteiger partial charge in [-0.05, 0) is 11.6 Å². The lowest BCUT2D eigenvalue weighted by atomic mass is 10.1. The van der Waals surface area contributed by atoms with Crippen molar-refractivity contribution in [3.05, 3.63) is 54.4 Å². The lowest BCUT2D eigenvalue weighted by Gasteiger charge is -2.40. The van der Waals surface area contributed by atoms with Gasteiger partial charge in [-0.3, -0.25) is 9.69 Å². The summed E-state index contributed by atoms with van der Waals surface area (Å²) in [5.41, 5.74) is 1.26. The van der Waals surface area contributed by atoms with E-state index in [1.807, 2.05) is 23.1 Å². The maximum Gasteiger partial charge on any atom is 0.243 e. The monoisotopic (exact) mass is 311 g/mol. The van der Waals surface area contributed by atoms with Gasteiger partial charge in [0.2, 0.25) is 11.9 Å². The standard InChI is InChI=1S/C17H21N5O/c1-18-16(23)15-13-21(12-14-6-3-2-4-7-14)10-11-22(15)17-19-8-5-9-20-17/h2-9,15H,10-13H2,1H3,(H,18,23)/t15-/m0/s1. The summed E-state index contributed by atoms with van der Waals surface area (Å²) in [6, 6.07) is 11.8. The molecule has 3 rings (SSSR count). The molecule has 2 aromatic rings. The van der Waals surface area contributed by atoms with Gasteiger partial charge in [-0.2, -0.15) is 0 Å². The molecular formula is C17H21N5O. The van der Waals surface area contributed by atoms with Crippen LogP contribution in [-0.4, -0.2) is 53.5 Å². The fourth-order valence-electron chi connectivity index (χ4n) is 2.89. The predicted octanol–water partition coefficient (Wildman–Crippen LogP) is 0.913. The zero-order chi connectivity index (χ0) is 16.1. The molecule has 23 heavy (non-hydrogen) atoms. The quantitative estimate of drug-likeness (QED) is 0.909. The van der Waals surface area contributed by atoms with Gasteiger partial charge in [0.15, 0.2) is 0 Å². The summed E-state index contributed by atoms with van der Waals surface area (Å²) in [7, 11) is 1.67. The van der Waals surface area contributed by atoms with E-state index in [2.05, 4.69) is 32.3 Å². The van der Waals surface area contributed by atoms with Gasteiger partial charge in [-0.25, -0.2) is 9.97 Å². The fourth-order valence-corrected chi connectivity index (χ4v) is 2.89. The fraction of sp³-hybridized carbons (Fsp3) is 0.353. The molecule has 0 saturated carbocycles. The Kier molecular flexibility index (Phi) is 4.83. The first kappa shape index (κ1) is 15.4. The second kappa shape index (κ2) is 7.19. The van der Waals surface area contributed by atoms with E-state index >= 15 is 0 Å². The van der Waals surface area contributed by atoms with Crippen LogP contribution in [0.25, 0.3) is 0 Å². The van der Waals surface area contributed by atoms with Crippen molar-refractivity contribution in [3.8, 4) is 0 Å². The molecule has 1 aromatic carbocycles. The molecule has 0 radical (unpaired) electrons. The van der Waals surface area contributed by atoms with E-state index in [9.17, 15) is 4.79 Å². The second-order valence-corrected chi connectivity index (χ2v) is 5.59. The third kappa shape index (κ3) is 3.65. The van der Waals surface area contributed by atoms with Crippen LogP contribution in [0.3, 0.4) is 0 Å². The van der Waals surface area contributed by atoms with Gasteiger partial charge in [-0.1, -0.05) is 30.3 Å². The number of rotatable bonds is 4. The summed E-state index contributed by atoms with van der Waals surface area (Å²) in [6.45, 7) is 3.11. The first-order valence-corrected chi connectivity index (χ1v) is 7.79. The molecule has 6 heteroatoms. The Morgan fingerprint density at radius 2 is 1.91 bits per heavy atom. The van der Waals surface area contributed by atoms with E-state index in [1.165, 1.54) is 5.56 Å². The van der Waals surface area contributed by atoms with Crippen LogP contribution in [0.15, 0.2) is 48.8 Å². The number of amides is 1. The van der Waals surface area contributed by atoms with Gasteiger partial charge in [0, 0.05) is 45.6 Å². The third-order valence-electron chi connectivity index (χ3n) is 4.07. The highest BCUT2D eigenvalue weighted by molar-refractivity contribution is 5.85. The van der Waals surface area contributed by atoms with Crippen molar-refractivity contribution in [3.63, 3.8) is 0 Å². The highest BCUT2D eigenvalue weighted by Gasteiger charge is 2.33. The Bertz CT molecular complexity index is 634. The molecule has 1 aliphatic rings. The molecular weight excluding hydrogens is 290 g/mol. The summed E-state index contributed by atoms with van der Waals surface area (Å²) in [6.07, 6.45) is 3.42. The number of hydrogen-bond donors (Lipinski definition) is 1. The SMILES string of the molecule is CNC(=O)[C@@H]1CN(Cc2ccccc2)CCN1c1ncccn1. The van der Waals surface area contributed by atoms with E-state index in [4.69, 9.17) is 0 Å². The lowest BCUT2D eigenvalue weighted by Crippen LogP contribution is -2.59. The van der Waals surface area contributed by atoms with Crippen LogP contribution in [0.2, 0.25) is 0 Å². The van der Waals surface area contributed by atoms with Gasteiger partial charge in [0.1, 0.15) is 6.04 Å². The predicted molar refractivity (Wildman–Crippen MR) is 89.0 cm³/mol. The molecule has 0 bridgehead atoms. The molecule has 1 aliphatic heterocycles. The van der Waals surface area contributed by atoms with Crippen molar-refractivity contribution in [2.24, 2.45) is 0 Å². The summed E-state index contributed by atoms with van der Waals surface area (Å²) >= 11 is 0. The Balaban J connectivity index is 1.75. The number of hydrogen-bond acceptors (Lipinski definition) is 5. The average molecular weight is 311 g/mol. The maximum absolute atomic E-state index is 12.3. The van der Waals surface area contributed by atoms with Crippen molar-refractivity contribution >= 4 is 11.9 Å². The number of nitrogens with one attached hydrogen (secondary N) is 1. The first-order valence-electron chi connectivity index (χ1n) is 7.79. The van der Waals surface area contributed by atoms with E-state index in [0.29, 0.717) is 12.5 Å². The molecule has 1 aromatic heterocycles. The molecule has 1 amide bonds. The summed E-state index contributed by atoms with van der Waals surface area (Å²) < 4.78 is 0. The number of anilines is 1. The number of benzene rings is 1. The van der Waals surface area contributed by atoms with Gasteiger partial charge in [0.05, 0.1) is 0 Å². The molecule has 0 spiro atoms. The maximum atomic E-state index is 12.3. The number of likely N-dealkylation sites (N-methyl/N-ethyl adjacent to an activating group) is 1. The smallest absolute Gasteiger partial charge is 0.243 e. The summed E-state index contributed by atoms with van der Waals surface area (Å²) in [5, 5.41) is 2.76. The van der Waals surface area contributed by atoms with E-state index in [1.54, 1.807) is 25.5 Å². The molecule has 1 fully saturated rings. The van der Waals surface area contributed by atoms with Crippen LogP contribution >= 0.6 is 0 Å². The molecule has 6 nitrogen and oxygen atoms in total. The first-order chi connectivity index (χ1) is 11.3. The minimum absolute atomic E-state index is 0.00443. The Morgan fingerprint density at radius 1 is 1.17 bits per heavy atom. The van der Waals surface area contributed by atoms with E-state index < -0.39 is 0 Å². The minimum Gasteiger partial charge on any atom is -0.357 e. The molecule has 1 saturated heterocycles. The number of carbonyl (C=O) groups is 1. The van der Waals surface area contributed by atoms with Gasteiger partial charge in [-0.15, -0.1) is 0 Å². The Morgan fingerprint density at radius 3 is 2.61 bits per heavy atom. The van der Waals surface area contributed by atoms with Crippen molar-refractivity contribution in [1.82, 2.24) is 20.2 Å². The van der Waals surface area contributed by atoms with Crippen LogP contribution in [-0.2, 0) is 11.3 Å². The number of nitrogens with zero attached hydrogens (tertiary/aromatic N) is 4. The van der Waals surface area contributed by atoms with Crippen LogP contribution in [0.1, 0.15) is 5.56 Å². The molecule has 1 atom stereocenters. The topological polar surface area (TPSA) is 61.4 Å². The van der Waals surface area contributed by atoms with Crippen molar-refractivity contribution in [2.75, 3.05) is 31.6 Å². The second-order valence-electron chi connectivity index (χ2n) is 5.59. The molecule has 0 unspecified atom stereocenters. The van der Waals surface area contributed by atoms with Crippen LogP contribution in [0, 0.1) is 0 Å². The van der Waals surface area contributed by atoms with Crippen molar-refractivity contribution in [2.45, 2.75) is 12.6 Å². The van der Waals surface area contributed by atoms with Crippen LogP contribution < -0.4 is 10.2 Å². The van der Waals surface area contributed by atoms with E-state index in [0.717, 1.165) is 19.6 Å². The van der Waals surface area contributed by atoms with Gasteiger partial charge < -0.3 is 10.2 Å². The summed E-state index contributed by atoms with van der Waals surface area (Å²) in [5.74, 6) is 0.607. The Labute approximate surface area is 136 Å². The Hall–Kier alpha value is -2.47. The van der Waals surface area contributed by atoms with Crippen molar-refractivity contribution < 1.29 is 4.79 Å². The minimum atomic E-state index is -0.278. The molecule has 0 aliphatic carbocycles. The van der Waals surface area contributed by atoms with Gasteiger partial charge >= 0.3 is 0 Å². The zero-order valence-corrected chi connectivity index (χ0v) is 13.2. The molecule has 2 heterocycles. The molecule has 1 N–H and O–H groups in total. The highest BCUT2D eigenvalue weighted by Crippen LogP contribution is 2.18. The van der Waals surface area contributed by atoms with E-state index in [-0.39, 0.29) is 11.9 Å². The molecule has 120 valence electrons. The summed E-state index contributed by atoms with van der Waals surface area (Å²) in [4.78, 5) is 25.2. The van der Waals surface area contributed by atoms with Crippen LogP contribution in [0.4, 0.5) is 5.95 Å². The lowest BCUT2D eigenvalue weighted by molar-refractivity contribution is -0.122.